The van der Waals surface area contributed by atoms with Gasteiger partial charge in [0.2, 0.25) is 0 Å². The van der Waals surface area contributed by atoms with Crippen molar-refractivity contribution in [3.05, 3.63) is 52.3 Å². The molecule has 0 spiro atoms. The second-order valence-corrected chi connectivity index (χ2v) is 3.97. The van der Waals surface area contributed by atoms with E-state index in [0.29, 0.717) is 11.3 Å². The number of hydrogen-bond donors (Lipinski definition) is 1. The van der Waals surface area contributed by atoms with E-state index >= 15 is 0 Å². The van der Waals surface area contributed by atoms with Gasteiger partial charge in [-0.3, -0.25) is 5.10 Å². The lowest BCUT2D eigenvalue weighted by molar-refractivity contribution is -0.137. The van der Waals surface area contributed by atoms with Crippen LogP contribution in [0.4, 0.5) is 13.2 Å². The molecule has 1 heterocycles. The Balaban J connectivity index is 2.26. The third-order valence-corrected chi connectivity index (χ3v) is 2.61. The number of H-pyrrole nitrogens is 1. The molecule has 0 aliphatic rings. The summed E-state index contributed by atoms with van der Waals surface area (Å²) in [6, 6.07) is 4.96. The van der Waals surface area contributed by atoms with Crippen molar-refractivity contribution < 1.29 is 13.2 Å². The first-order chi connectivity index (χ1) is 8.47. The molecule has 1 N–H and O–H groups in total. The van der Waals surface area contributed by atoms with Crippen LogP contribution >= 0.6 is 11.6 Å². The molecule has 2 nitrogen and oxygen atoms in total. The fourth-order valence-corrected chi connectivity index (χ4v) is 1.62. The van der Waals surface area contributed by atoms with Crippen LogP contribution in [0.5, 0.6) is 0 Å². The van der Waals surface area contributed by atoms with Gasteiger partial charge in [-0.15, -0.1) is 0 Å². The molecule has 1 aromatic carbocycles. The van der Waals surface area contributed by atoms with Crippen molar-refractivity contribution in [2.75, 3.05) is 0 Å². The van der Waals surface area contributed by atoms with Crippen LogP contribution in [-0.2, 0) is 6.18 Å². The zero-order valence-corrected chi connectivity index (χ0v) is 9.76. The molecule has 2 aromatic rings. The van der Waals surface area contributed by atoms with Gasteiger partial charge in [-0.05, 0) is 29.8 Å². The standard InChI is InChI=1S/C12H8ClF3N2/c13-11-7-9(12(14,15)16)3-1-8(11)2-4-10-5-6-17-18-10/h1-7H,(H,17,18)/b4-2+. The minimum Gasteiger partial charge on any atom is -0.285 e. The first-order valence-electron chi connectivity index (χ1n) is 5.01. The Kier molecular flexibility index (Phi) is 3.43. The fourth-order valence-electron chi connectivity index (χ4n) is 1.38. The van der Waals surface area contributed by atoms with Crippen molar-refractivity contribution >= 4 is 23.8 Å². The summed E-state index contributed by atoms with van der Waals surface area (Å²) in [5, 5.41) is 6.56. The maximum absolute atomic E-state index is 12.4. The highest BCUT2D eigenvalue weighted by atomic mass is 35.5. The maximum atomic E-state index is 12.4. The average Bonchev–Trinajstić information content (AvgIpc) is 2.79. The van der Waals surface area contributed by atoms with Crippen LogP contribution in [0.1, 0.15) is 16.8 Å². The lowest BCUT2D eigenvalue weighted by Crippen LogP contribution is -2.04. The molecular formula is C12H8ClF3N2. The van der Waals surface area contributed by atoms with Crippen LogP contribution in [0.2, 0.25) is 5.02 Å². The van der Waals surface area contributed by atoms with Crippen molar-refractivity contribution in [1.82, 2.24) is 10.2 Å². The van der Waals surface area contributed by atoms with Gasteiger partial charge in [-0.2, -0.15) is 18.3 Å². The second kappa shape index (κ2) is 4.86. The normalized spacial score (nSPS) is 12.2. The highest BCUT2D eigenvalue weighted by Crippen LogP contribution is 2.32. The third-order valence-electron chi connectivity index (χ3n) is 2.28. The van der Waals surface area contributed by atoms with E-state index in [1.165, 1.54) is 6.07 Å². The number of alkyl halides is 3. The highest BCUT2D eigenvalue weighted by molar-refractivity contribution is 6.32. The van der Waals surface area contributed by atoms with Crippen molar-refractivity contribution in [3.63, 3.8) is 0 Å². The van der Waals surface area contributed by atoms with Crippen molar-refractivity contribution in [2.24, 2.45) is 0 Å². The summed E-state index contributed by atoms with van der Waals surface area (Å²) in [7, 11) is 0. The lowest BCUT2D eigenvalue weighted by Gasteiger charge is -2.07. The number of nitrogens with one attached hydrogen (secondary N) is 1. The number of aromatic amines is 1. The number of aromatic nitrogens is 2. The molecule has 0 bridgehead atoms. The second-order valence-electron chi connectivity index (χ2n) is 3.57. The molecule has 0 saturated heterocycles. The molecule has 1 aromatic heterocycles. The molecule has 18 heavy (non-hydrogen) atoms. The number of hydrogen-bond acceptors (Lipinski definition) is 1. The van der Waals surface area contributed by atoms with E-state index in [0.717, 1.165) is 12.1 Å². The van der Waals surface area contributed by atoms with Gasteiger partial charge in [0.15, 0.2) is 0 Å². The molecule has 0 aliphatic carbocycles. The van der Waals surface area contributed by atoms with Gasteiger partial charge < -0.3 is 0 Å². The number of halogens is 4. The van der Waals surface area contributed by atoms with Gasteiger partial charge in [0.25, 0.3) is 0 Å². The van der Waals surface area contributed by atoms with Gasteiger partial charge in [-0.25, -0.2) is 0 Å². The molecule has 0 unspecified atom stereocenters. The van der Waals surface area contributed by atoms with Gasteiger partial charge in [0.05, 0.1) is 11.3 Å². The zero-order chi connectivity index (χ0) is 13.2. The molecule has 0 fully saturated rings. The van der Waals surface area contributed by atoms with E-state index in [9.17, 15) is 13.2 Å². The number of rotatable bonds is 2. The summed E-state index contributed by atoms with van der Waals surface area (Å²) >= 11 is 5.80. The van der Waals surface area contributed by atoms with Crippen LogP contribution in [0.3, 0.4) is 0 Å². The summed E-state index contributed by atoms with van der Waals surface area (Å²) in [4.78, 5) is 0. The Morgan fingerprint density at radius 2 is 1.94 bits per heavy atom. The largest absolute Gasteiger partial charge is 0.416 e. The molecule has 0 radical (unpaired) electrons. The van der Waals surface area contributed by atoms with Crippen LogP contribution in [0, 0.1) is 0 Å². The van der Waals surface area contributed by atoms with Crippen molar-refractivity contribution in [3.8, 4) is 0 Å². The van der Waals surface area contributed by atoms with Gasteiger partial charge in [0, 0.05) is 11.2 Å². The summed E-state index contributed by atoms with van der Waals surface area (Å²) in [5.74, 6) is 0. The van der Waals surface area contributed by atoms with E-state index in [1.54, 1.807) is 24.4 Å². The lowest BCUT2D eigenvalue weighted by atomic mass is 10.1. The Bertz CT molecular complexity index is 559. The number of benzene rings is 1. The highest BCUT2D eigenvalue weighted by Gasteiger charge is 2.30. The minimum absolute atomic E-state index is 0.0524. The Morgan fingerprint density at radius 3 is 2.50 bits per heavy atom. The predicted molar refractivity (Wildman–Crippen MR) is 64.0 cm³/mol. The average molecular weight is 273 g/mol. The van der Waals surface area contributed by atoms with E-state index in [4.69, 9.17) is 11.6 Å². The zero-order valence-electron chi connectivity index (χ0n) is 9.00. The molecule has 0 saturated carbocycles. The monoisotopic (exact) mass is 272 g/mol. The van der Waals surface area contributed by atoms with Crippen molar-refractivity contribution in [2.45, 2.75) is 6.18 Å². The molecule has 0 atom stereocenters. The van der Waals surface area contributed by atoms with Crippen LogP contribution in [0.15, 0.2) is 30.5 Å². The Hall–Kier alpha value is -1.75. The van der Waals surface area contributed by atoms with E-state index in [-0.39, 0.29) is 5.02 Å². The van der Waals surface area contributed by atoms with Crippen LogP contribution < -0.4 is 0 Å². The van der Waals surface area contributed by atoms with Gasteiger partial charge in [0.1, 0.15) is 0 Å². The SMILES string of the molecule is FC(F)(F)c1ccc(/C=C/c2cc[nH]n2)c(Cl)c1. The fraction of sp³-hybridized carbons (Fsp3) is 0.0833. The van der Waals surface area contributed by atoms with Gasteiger partial charge >= 0.3 is 6.18 Å². The van der Waals surface area contributed by atoms with E-state index in [1.807, 2.05) is 0 Å². The molecule has 2 rings (SSSR count). The molecule has 0 amide bonds. The Morgan fingerprint density at radius 1 is 1.17 bits per heavy atom. The van der Waals surface area contributed by atoms with Crippen LogP contribution in [0.25, 0.3) is 12.2 Å². The minimum atomic E-state index is -4.38. The first kappa shape index (κ1) is 12.7. The quantitative estimate of drug-likeness (QED) is 0.870. The van der Waals surface area contributed by atoms with E-state index < -0.39 is 11.7 Å². The van der Waals surface area contributed by atoms with Gasteiger partial charge in [-0.1, -0.05) is 23.7 Å². The third kappa shape index (κ3) is 2.92. The molecule has 6 heteroatoms. The topological polar surface area (TPSA) is 28.7 Å². The Labute approximate surface area is 106 Å². The first-order valence-corrected chi connectivity index (χ1v) is 5.39. The summed E-state index contributed by atoms with van der Waals surface area (Å²) in [6.07, 6.45) is 0.533. The van der Waals surface area contributed by atoms with E-state index in [2.05, 4.69) is 10.2 Å². The summed E-state index contributed by atoms with van der Waals surface area (Å²) in [6.45, 7) is 0. The maximum Gasteiger partial charge on any atom is 0.416 e. The molecular weight excluding hydrogens is 265 g/mol. The van der Waals surface area contributed by atoms with Crippen LogP contribution in [-0.4, -0.2) is 10.2 Å². The smallest absolute Gasteiger partial charge is 0.285 e. The summed E-state index contributed by atoms with van der Waals surface area (Å²) in [5.41, 5.74) is 0.419. The summed E-state index contributed by atoms with van der Waals surface area (Å²) < 4.78 is 37.3. The van der Waals surface area contributed by atoms with Crippen molar-refractivity contribution in [1.29, 1.82) is 0 Å². The molecule has 94 valence electrons. The predicted octanol–water partition coefficient (Wildman–Crippen LogP) is 4.25. The molecule has 0 aliphatic heterocycles. The number of nitrogens with zero attached hydrogens (tertiary/aromatic N) is 1.